The van der Waals surface area contributed by atoms with Crippen LogP contribution in [0.5, 0.6) is 17.2 Å². The number of benzene rings is 1. The summed E-state index contributed by atoms with van der Waals surface area (Å²) >= 11 is 0. The number of hydrogen-bond donors (Lipinski definition) is 0. The van der Waals surface area contributed by atoms with Crippen molar-refractivity contribution in [2.45, 2.75) is 112 Å². The van der Waals surface area contributed by atoms with Gasteiger partial charge in [-0.25, -0.2) is 0 Å². The summed E-state index contributed by atoms with van der Waals surface area (Å²) in [6.45, 7) is 14.4. The van der Waals surface area contributed by atoms with Gasteiger partial charge in [-0.05, 0) is 55.4 Å². The lowest BCUT2D eigenvalue weighted by Crippen LogP contribution is -2.63. The smallest absolute Gasteiger partial charge is 0.311 e. The van der Waals surface area contributed by atoms with Crippen LogP contribution >= 0.6 is 0 Å². The summed E-state index contributed by atoms with van der Waals surface area (Å²) in [6.07, 6.45) is 5.20. The predicted octanol–water partition coefficient (Wildman–Crippen LogP) is 6.71. The molecule has 2 fully saturated rings. The van der Waals surface area contributed by atoms with E-state index in [0.29, 0.717) is 17.2 Å². The molecule has 3 aliphatic rings. The number of esters is 3. The Morgan fingerprint density at radius 3 is 2.05 bits per heavy atom. The topological polar surface area (TPSA) is 88.1 Å². The van der Waals surface area contributed by atoms with Crippen LogP contribution in [0.3, 0.4) is 0 Å². The first-order valence-electron chi connectivity index (χ1n) is 13.9. The first-order chi connectivity index (χ1) is 17.4. The molecule has 2 saturated carbocycles. The SMILES string of the molecule is CCC(=O)Oc1cc2c(cc1OC(=O)CC)[C@@H](OC(=O)CC)[C@@H]1[C@@]3(C)CCCC(C)(C)[C@@H]3CC[C@]1(C)O2. The molecular formula is C30H42O7. The molecule has 7 heteroatoms. The molecule has 5 atom stereocenters. The van der Waals surface area contributed by atoms with Gasteiger partial charge in [-0.15, -0.1) is 0 Å². The maximum Gasteiger partial charge on any atom is 0.311 e. The zero-order valence-electron chi connectivity index (χ0n) is 23.4. The Morgan fingerprint density at radius 2 is 1.46 bits per heavy atom. The van der Waals surface area contributed by atoms with Gasteiger partial charge in [-0.3, -0.25) is 14.4 Å². The Kier molecular flexibility index (Phi) is 7.39. The van der Waals surface area contributed by atoms with Crippen molar-refractivity contribution in [3.8, 4) is 17.2 Å². The van der Waals surface area contributed by atoms with Crippen molar-refractivity contribution in [3.63, 3.8) is 0 Å². The molecule has 7 nitrogen and oxygen atoms in total. The molecule has 0 saturated heterocycles. The van der Waals surface area contributed by atoms with Gasteiger partial charge in [0.05, 0.1) is 0 Å². The highest BCUT2D eigenvalue weighted by Crippen LogP contribution is 2.67. The monoisotopic (exact) mass is 514 g/mol. The standard InChI is InChI=1S/C30H42O7/c1-8-23(31)34-20-16-18-19(17-21(20)35-24(32)9-2)37-30(7)15-12-22-28(4,5)13-11-14-29(22,6)27(30)26(18)36-25(33)10-3/h16-17,22,26-27H,8-15H2,1-7H3/t22-,26+,27+,29-,30-/m0/s1. The summed E-state index contributed by atoms with van der Waals surface area (Å²) in [5.74, 6) is -0.0276. The molecule has 1 heterocycles. The quantitative estimate of drug-likeness (QED) is 0.308. The third-order valence-corrected chi connectivity index (χ3v) is 9.17. The van der Waals surface area contributed by atoms with E-state index < -0.39 is 23.6 Å². The van der Waals surface area contributed by atoms with E-state index in [2.05, 4.69) is 27.7 Å². The van der Waals surface area contributed by atoms with Crippen LogP contribution in [-0.2, 0) is 19.1 Å². The van der Waals surface area contributed by atoms with Crippen LogP contribution in [0, 0.1) is 22.7 Å². The lowest BCUT2D eigenvalue weighted by Gasteiger charge is -2.64. The van der Waals surface area contributed by atoms with Crippen molar-refractivity contribution < 1.29 is 33.3 Å². The normalized spacial score (nSPS) is 31.6. The van der Waals surface area contributed by atoms with E-state index in [4.69, 9.17) is 18.9 Å². The third-order valence-electron chi connectivity index (χ3n) is 9.17. The average molecular weight is 515 g/mol. The van der Waals surface area contributed by atoms with E-state index in [1.807, 2.05) is 0 Å². The van der Waals surface area contributed by atoms with E-state index >= 15 is 0 Å². The largest absolute Gasteiger partial charge is 0.487 e. The van der Waals surface area contributed by atoms with Crippen LogP contribution in [0.2, 0.25) is 0 Å². The van der Waals surface area contributed by atoms with Gasteiger partial charge >= 0.3 is 17.9 Å². The second-order valence-corrected chi connectivity index (χ2v) is 12.1. The van der Waals surface area contributed by atoms with Crippen molar-refractivity contribution in [2.24, 2.45) is 22.7 Å². The Balaban J connectivity index is 1.89. The zero-order chi connectivity index (χ0) is 27.2. The van der Waals surface area contributed by atoms with Crippen molar-refractivity contribution in [3.05, 3.63) is 17.7 Å². The van der Waals surface area contributed by atoms with Crippen molar-refractivity contribution in [1.29, 1.82) is 0 Å². The molecule has 0 unspecified atom stereocenters. The zero-order valence-corrected chi connectivity index (χ0v) is 23.4. The average Bonchev–Trinajstić information content (AvgIpc) is 2.83. The molecule has 0 bridgehead atoms. The summed E-state index contributed by atoms with van der Waals surface area (Å²) in [5, 5.41) is 0. The molecule has 204 valence electrons. The summed E-state index contributed by atoms with van der Waals surface area (Å²) in [6, 6.07) is 3.30. The summed E-state index contributed by atoms with van der Waals surface area (Å²) in [7, 11) is 0. The highest BCUT2D eigenvalue weighted by Gasteiger charge is 2.64. The van der Waals surface area contributed by atoms with Gasteiger partial charge in [0.15, 0.2) is 11.5 Å². The molecule has 1 aromatic rings. The first kappa shape index (κ1) is 27.5. The number of hydrogen-bond acceptors (Lipinski definition) is 7. The Hall–Kier alpha value is -2.57. The Morgan fingerprint density at radius 1 is 0.865 bits per heavy atom. The minimum atomic E-state index is -0.571. The number of carbonyl (C=O) groups excluding carboxylic acids is 3. The van der Waals surface area contributed by atoms with Crippen LogP contribution in [-0.4, -0.2) is 23.5 Å². The van der Waals surface area contributed by atoms with Gasteiger partial charge in [-0.1, -0.05) is 48.0 Å². The highest BCUT2D eigenvalue weighted by molar-refractivity contribution is 5.77. The lowest BCUT2D eigenvalue weighted by atomic mass is 9.44. The van der Waals surface area contributed by atoms with E-state index in [1.165, 1.54) is 6.42 Å². The summed E-state index contributed by atoms with van der Waals surface area (Å²) in [4.78, 5) is 37.3. The number of fused-ring (bicyclic) bond motifs is 4. The van der Waals surface area contributed by atoms with Crippen molar-refractivity contribution in [2.75, 3.05) is 0 Å². The Labute approximate surface area is 220 Å². The van der Waals surface area contributed by atoms with Crippen molar-refractivity contribution >= 4 is 17.9 Å². The maximum absolute atomic E-state index is 12.8. The molecule has 0 radical (unpaired) electrons. The maximum atomic E-state index is 12.8. The fourth-order valence-electron chi connectivity index (χ4n) is 7.53. The molecule has 0 aromatic heterocycles. The molecule has 0 N–H and O–H groups in total. The Bertz CT molecular complexity index is 1080. The molecule has 1 aromatic carbocycles. The highest BCUT2D eigenvalue weighted by atomic mass is 16.6. The van der Waals surface area contributed by atoms with Crippen molar-refractivity contribution in [1.82, 2.24) is 0 Å². The van der Waals surface area contributed by atoms with Gasteiger partial charge in [0.25, 0.3) is 0 Å². The first-order valence-corrected chi connectivity index (χ1v) is 13.9. The summed E-state index contributed by atoms with van der Waals surface area (Å²) in [5.41, 5.74) is 0.148. The number of rotatable bonds is 6. The van der Waals surface area contributed by atoms with Gasteiger partial charge in [0.2, 0.25) is 0 Å². The second kappa shape index (κ2) is 9.95. The number of ether oxygens (including phenoxy) is 4. The van der Waals surface area contributed by atoms with Crippen LogP contribution in [0.4, 0.5) is 0 Å². The molecule has 2 aliphatic carbocycles. The van der Waals surface area contributed by atoms with E-state index in [1.54, 1.807) is 32.9 Å². The fraction of sp³-hybridized carbons (Fsp3) is 0.700. The van der Waals surface area contributed by atoms with Gasteiger partial charge in [0.1, 0.15) is 17.5 Å². The minimum Gasteiger partial charge on any atom is -0.487 e. The van der Waals surface area contributed by atoms with Crippen LogP contribution < -0.4 is 14.2 Å². The minimum absolute atomic E-state index is 0.0832. The van der Waals surface area contributed by atoms with E-state index in [0.717, 1.165) is 25.7 Å². The lowest BCUT2D eigenvalue weighted by molar-refractivity contribution is -0.213. The molecule has 0 spiro atoms. The van der Waals surface area contributed by atoms with Gasteiger partial charge in [0, 0.05) is 36.8 Å². The van der Waals surface area contributed by atoms with Gasteiger partial charge in [-0.2, -0.15) is 0 Å². The van der Waals surface area contributed by atoms with Crippen LogP contribution in [0.25, 0.3) is 0 Å². The molecular weight excluding hydrogens is 472 g/mol. The fourth-order valence-corrected chi connectivity index (χ4v) is 7.53. The molecule has 0 amide bonds. The molecule has 4 rings (SSSR count). The van der Waals surface area contributed by atoms with E-state index in [-0.39, 0.29) is 53.5 Å². The second-order valence-electron chi connectivity index (χ2n) is 12.1. The molecule has 37 heavy (non-hydrogen) atoms. The van der Waals surface area contributed by atoms with E-state index in [9.17, 15) is 14.4 Å². The van der Waals surface area contributed by atoms with Gasteiger partial charge < -0.3 is 18.9 Å². The molecule has 1 aliphatic heterocycles. The van der Waals surface area contributed by atoms with Crippen LogP contribution in [0.15, 0.2) is 12.1 Å². The predicted molar refractivity (Wildman–Crippen MR) is 138 cm³/mol. The van der Waals surface area contributed by atoms with Crippen LogP contribution in [0.1, 0.15) is 112 Å². The summed E-state index contributed by atoms with van der Waals surface area (Å²) < 4.78 is 24.2. The number of carbonyl (C=O) groups is 3. The third kappa shape index (κ3) is 4.86.